The molecule has 1 atom stereocenters. The quantitative estimate of drug-likeness (QED) is 0.880. The van der Waals surface area contributed by atoms with Crippen molar-refractivity contribution in [3.05, 3.63) is 24.3 Å². The molecule has 0 aliphatic heterocycles. The van der Waals surface area contributed by atoms with Gasteiger partial charge in [0.05, 0.1) is 5.25 Å². The zero-order valence-corrected chi connectivity index (χ0v) is 11.3. The maximum atomic E-state index is 9.19. The average Bonchev–Trinajstić information content (AvgIpc) is 2.75. The first kappa shape index (κ1) is 12.1. The van der Waals surface area contributed by atoms with Crippen LogP contribution in [-0.4, -0.2) is 24.9 Å². The first-order valence-electron chi connectivity index (χ1n) is 5.22. The van der Waals surface area contributed by atoms with Crippen LogP contribution in [0.5, 0.6) is 5.75 Å². The molecule has 1 heterocycles. The molecule has 0 saturated heterocycles. The normalized spacial score (nSPS) is 20.9. The third kappa shape index (κ3) is 2.43. The highest BCUT2D eigenvalue weighted by atomic mass is 35.5. The number of rotatable bonds is 3. The monoisotopic (exact) mass is 302 g/mol. The molecule has 94 valence electrons. The van der Waals surface area contributed by atoms with Crippen LogP contribution in [0.25, 0.3) is 11.5 Å². The lowest BCUT2D eigenvalue weighted by Crippen LogP contribution is -1.89. The third-order valence-corrected chi connectivity index (χ3v) is 4.85. The molecular weight excluding hydrogens is 295 g/mol. The number of benzene rings is 1. The zero-order chi connectivity index (χ0) is 12.8. The summed E-state index contributed by atoms with van der Waals surface area (Å²) in [7, 11) is 0. The summed E-state index contributed by atoms with van der Waals surface area (Å²) in [4.78, 5) is 0. The molecule has 1 aliphatic rings. The van der Waals surface area contributed by atoms with Gasteiger partial charge in [-0.25, -0.2) is 0 Å². The van der Waals surface area contributed by atoms with Crippen LogP contribution in [0, 0.1) is 0 Å². The Balaban J connectivity index is 1.75. The fourth-order valence-electron chi connectivity index (χ4n) is 1.42. The number of thioether (sulfide) groups is 1. The summed E-state index contributed by atoms with van der Waals surface area (Å²) in [5.74, 6) is 0.604. The number of alkyl halides is 2. The lowest BCUT2D eigenvalue weighted by atomic mass is 10.2. The summed E-state index contributed by atoms with van der Waals surface area (Å²) in [6.07, 6.45) is 0.720. The van der Waals surface area contributed by atoms with E-state index in [1.807, 2.05) is 0 Å². The summed E-state index contributed by atoms with van der Waals surface area (Å²) in [5, 5.41) is 17.6. The highest BCUT2D eigenvalue weighted by molar-refractivity contribution is 8.00. The van der Waals surface area contributed by atoms with E-state index in [4.69, 9.17) is 27.6 Å². The summed E-state index contributed by atoms with van der Waals surface area (Å²) in [6.45, 7) is 0. The van der Waals surface area contributed by atoms with E-state index in [1.54, 1.807) is 24.3 Å². The number of nitrogens with zero attached hydrogens (tertiary/aromatic N) is 2. The van der Waals surface area contributed by atoms with Gasteiger partial charge < -0.3 is 9.52 Å². The van der Waals surface area contributed by atoms with Crippen molar-refractivity contribution in [2.75, 3.05) is 0 Å². The summed E-state index contributed by atoms with van der Waals surface area (Å²) < 4.78 is 4.83. The van der Waals surface area contributed by atoms with Gasteiger partial charge in [0.15, 0.2) is 0 Å². The van der Waals surface area contributed by atoms with Gasteiger partial charge in [-0.2, -0.15) is 0 Å². The maximum absolute atomic E-state index is 9.19. The van der Waals surface area contributed by atoms with Gasteiger partial charge in [-0.1, -0.05) is 11.8 Å². The minimum Gasteiger partial charge on any atom is -0.508 e. The molecule has 2 aromatic rings. The van der Waals surface area contributed by atoms with Gasteiger partial charge in [0, 0.05) is 5.56 Å². The van der Waals surface area contributed by atoms with Crippen molar-refractivity contribution in [3.8, 4) is 17.2 Å². The lowest BCUT2D eigenvalue weighted by molar-refractivity contribution is 0.465. The fraction of sp³-hybridized carbons (Fsp3) is 0.273. The Morgan fingerprint density at radius 1 is 1.28 bits per heavy atom. The van der Waals surface area contributed by atoms with Gasteiger partial charge in [-0.05, 0) is 30.7 Å². The summed E-state index contributed by atoms with van der Waals surface area (Å²) in [5.41, 5.74) is 0.756. The van der Waals surface area contributed by atoms with Gasteiger partial charge in [0.2, 0.25) is 5.89 Å². The number of phenolic OH excluding ortho intramolecular Hbond substituents is 1. The molecule has 1 aromatic heterocycles. The fourth-order valence-corrected chi connectivity index (χ4v) is 3.15. The Morgan fingerprint density at radius 2 is 1.94 bits per heavy atom. The van der Waals surface area contributed by atoms with Gasteiger partial charge in [-0.3, -0.25) is 0 Å². The van der Waals surface area contributed by atoms with Crippen molar-refractivity contribution in [2.45, 2.75) is 21.2 Å². The number of hydrogen-bond donors (Lipinski definition) is 1. The first-order chi connectivity index (χ1) is 8.54. The number of halogens is 2. The van der Waals surface area contributed by atoms with E-state index in [-0.39, 0.29) is 11.0 Å². The third-order valence-electron chi connectivity index (χ3n) is 2.53. The molecule has 3 rings (SSSR count). The predicted molar refractivity (Wildman–Crippen MR) is 70.1 cm³/mol. The number of hydrogen-bond acceptors (Lipinski definition) is 5. The van der Waals surface area contributed by atoms with Crippen LogP contribution in [-0.2, 0) is 0 Å². The van der Waals surface area contributed by atoms with E-state index in [2.05, 4.69) is 10.2 Å². The van der Waals surface area contributed by atoms with Crippen LogP contribution >= 0.6 is 35.0 Å². The largest absolute Gasteiger partial charge is 0.508 e. The van der Waals surface area contributed by atoms with E-state index in [0.29, 0.717) is 11.1 Å². The zero-order valence-electron chi connectivity index (χ0n) is 9.01. The smallest absolute Gasteiger partial charge is 0.277 e. The molecule has 1 aliphatic carbocycles. The molecule has 18 heavy (non-hydrogen) atoms. The predicted octanol–water partition coefficient (Wildman–Crippen LogP) is 3.48. The highest BCUT2D eigenvalue weighted by Gasteiger charge is 2.53. The van der Waals surface area contributed by atoms with Crippen molar-refractivity contribution >= 4 is 35.0 Å². The van der Waals surface area contributed by atoms with Crippen molar-refractivity contribution < 1.29 is 9.52 Å². The molecule has 0 bridgehead atoms. The molecule has 0 unspecified atom stereocenters. The minimum atomic E-state index is -0.669. The van der Waals surface area contributed by atoms with E-state index < -0.39 is 4.33 Å². The molecule has 7 heteroatoms. The second kappa shape index (κ2) is 4.33. The van der Waals surface area contributed by atoms with Crippen LogP contribution in [0.1, 0.15) is 6.42 Å². The van der Waals surface area contributed by atoms with Crippen molar-refractivity contribution in [1.82, 2.24) is 10.2 Å². The van der Waals surface area contributed by atoms with Crippen molar-refractivity contribution in [2.24, 2.45) is 0 Å². The Bertz CT molecular complexity index is 571. The van der Waals surface area contributed by atoms with E-state index >= 15 is 0 Å². The topological polar surface area (TPSA) is 59.2 Å². The lowest BCUT2D eigenvalue weighted by Gasteiger charge is -1.95. The Hall–Kier alpha value is -0.910. The molecule has 0 spiro atoms. The van der Waals surface area contributed by atoms with E-state index in [1.165, 1.54) is 11.8 Å². The Labute approximate surface area is 117 Å². The SMILES string of the molecule is Oc1ccc(-c2nnc(S[C@@H]3CC3(Cl)Cl)o2)cc1. The minimum absolute atomic E-state index is 0.106. The molecule has 4 nitrogen and oxygen atoms in total. The molecule has 1 N–H and O–H groups in total. The second-order valence-corrected chi connectivity index (χ2v) is 6.69. The van der Waals surface area contributed by atoms with E-state index in [0.717, 1.165) is 12.0 Å². The van der Waals surface area contributed by atoms with Gasteiger partial charge in [-0.15, -0.1) is 33.4 Å². The molecule has 1 aromatic carbocycles. The standard InChI is InChI=1S/C11H8Cl2N2O2S/c12-11(13)5-8(11)18-10-15-14-9(17-10)6-1-3-7(16)4-2-6/h1-4,8,16H,5H2/t8-/m1/s1. The van der Waals surface area contributed by atoms with Crippen LogP contribution in [0.4, 0.5) is 0 Å². The van der Waals surface area contributed by atoms with Gasteiger partial charge in [0.25, 0.3) is 5.22 Å². The number of aromatic nitrogens is 2. The molecule has 1 fully saturated rings. The van der Waals surface area contributed by atoms with Crippen LogP contribution in [0.15, 0.2) is 33.9 Å². The number of phenols is 1. The van der Waals surface area contributed by atoms with Crippen LogP contribution in [0.3, 0.4) is 0 Å². The molecule has 0 amide bonds. The summed E-state index contributed by atoms with van der Waals surface area (Å²) in [6, 6.07) is 6.55. The Kier molecular flexibility index (Phi) is 2.92. The van der Waals surface area contributed by atoms with Crippen molar-refractivity contribution in [3.63, 3.8) is 0 Å². The molecular formula is C11H8Cl2N2O2S. The first-order valence-corrected chi connectivity index (χ1v) is 6.85. The Morgan fingerprint density at radius 3 is 2.56 bits per heavy atom. The van der Waals surface area contributed by atoms with Gasteiger partial charge >= 0.3 is 0 Å². The second-order valence-electron chi connectivity index (χ2n) is 3.99. The molecule has 1 saturated carbocycles. The summed E-state index contributed by atoms with van der Waals surface area (Å²) >= 11 is 13.2. The number of aromatic hydroxyl groups is 1. The van der Waals surface area contributed by atoms with Crippen LogP contribution < -0.4 is 0 Å². The maximum Gasteiger partial charge on any atom is 0.277 e. The van der Waals surface area contributed by atoms with Gasteiger partial charge in [0.1, 0.15) is 10.1 Å². The molecule has 0 radical (unpaired) electrons. The van der Waals surface area contributed by atoms with E-state index in [9.17, 15) is 5.11 Å². The highest BCUT2D eigenvalue weighted by Crippen LogP contribution is 2.56. The van der Waals surface area contributed by atoms with Crippen molar-refractivity contribution in [1.29, 1.82) is 0 Å². The van der Waals surface area contributed by atoms with Crippen LogP contribution in [0.2, 0.25) is 0 Å². The average molecular weight is 303 g/mol.